The molecular weight excluding hydrogens is 834 g/mol. The Morgan fingerprint density at radius 2 is 0.582 bits per heavy atom. The fraction of sp³-hybridized carbons (Fsp3) is 0.806. The number of hydrogen-bond donors (Lipinski definition) is 0. The molecule has 0 aliphatic heterocycles. The van der Waals surface area contributed by atoms with Crippen molar-refractivity contribution in [1.29, 1.82) is 0 Å². The molecule has 0 bridgehead atoms. The van der Waals surface area contributed by atoms with E-state index in [9.17, 15) is 0 Å². The quantitative estimate of drug-likeness (QED) is 0.0376. The van der Waals surface area contributed by atoms with Crippen molar-refractivity contribution in [3.63, 3.8) is 0 Å². The average Bonchev–Trinajstić information content (AvgIpc) is 3.32. The first-order chi connectivity index (χ1) is 32.8. The normalized spacial score (nSPS) is 12.4. The van der Waals surface area contributed by atoms with E-state index in [4.69, 9.17) is 13.7 Å². The molecule has 0 saturated carbocycles. The Bertz CT molecular complexity index is 1300. The molecule has 67 heavy (non-hydrogen) atoms. The first kappa shape index (κ1) is 61.6. The summed E-state index contributed by atoms with van der Waals surface area (Å²) in [6.07, 6.45) is 54.4. The van der Waals surface area contributed by atoms with Gasteiger partial charge in [0, 0.05) is 0 Å². The van der Waals surface area contributed by atoms with Gasteiger partial charge in [0.05, 0.1) is 0 Å². The van der Waals surface area contributed by atoms with Crippen molar-refractivity contribution >= 4 is 14.2 Å². The zero-order chi connectivity index (χ0) is 48.6. The molecule has 0 atom stereocenters. The van der Waals surface area contributed by atoms with Crippen LogP contribution in [0, 0.1) is 13.8 Å². The average molecular weight is 949 g/mol. The maximum absolute atomic E-state index is 8.34. The van der Waals surface area contributed by atoms with Crippen molar-refractivity contribution in [2.45, 2.75) is 299 Å². The van der Waals surface area contributed by atoms with Gasteiger partial charge in [-0.25, -0.2) is 0 Å². The summed E-state index contributed by atoms with van der Waals surface area (Å²) in [6.45, 7) is 15.6. The van der Waals surface area contributed by atoms with Crippen LogP contribution in [0.4, 0.5) is 0 Å². The minimum absolute atomic E-state index is 0.768. The van der Waals surface area contributed by atoms with Gasteiger partial charge in [0.25, 0.3) is 0 Å². The van der Waals surface area contributed by atoms with Gasteiger partial charge in [0.2, 0.25) is 0 Å². The van der Waals surface area contributed by atoms with Gasteiger partial charge in [-0.05, 0) is 0 Å². The van der Waals surface area contributed by atoms with Crippen LogP contribution in [0.25, 0.3) is 0 Å². The molecule has 0 N–H and O–H groups in total. The standard InChI is InChI=1S/C62H114BO3P/c1-9-15-21-27-33-39-45-59-55-57(7)47-49-61(59)64-63(65-62-50-48-58(8)56-60(62)46-40-34-28-22-16-10-2)66-67(51-41-35-29-23-17-11-3,52-42-36-30-24-18-12-4,53-43-37-31-25-19-13-5)54-44-38-32-26-20-14-6/h47-50,55-56H,9-46,51-54H2,1-8H3. The Kier molecular flexibility index (Phi) is 36.9. The molecule has 0 saturated heterocycles. The van der Waals surface area contributed by atoms with Crippen molar-refractivity contribution < 1.29 is 13.7 Å². The number of unbranched alkanes of at least 4 members (excludes halogenated alkanes) is 30. The summed E-state index contributed by atoms with van der Waals surface area (Å²) >= 11 is 0. The van der Waals surface area contributed by atoms with E-state index in [0.717, 1.165) is 24.3 Å². The number of hydrogen-bond acceptors (Lipinski definition) is 3. The third kappa shape index (κ3) is 28.2. The summed E-state index contributed by atoms with van der Waals surface area (Å²) in [7, 11) is -0.768. The fourth-order valence-electron chi connectivity index (χ4n) is 10.8. The molecule has 0 aromatic heterocycles. The summed E-state index contributed by atoms with van der Waals surface area (Å²) in [6, 6.07) is 13.8. The predicted molar refractivity (Wildman–Crippen MR) is 305 cm³/mol. The van der Waals surface area contributed by atoms with E-state index in [1.165, 1.54) is 278 Å². The molecule has 0 aliphatic rings. The van der Waals surface area contributed by atoms with Crippen molar-refractivity contribution in [2.24, 2.45) is 0 Å². The molecule has 0 fully saturated rings. The second-order valence-corrected chi connectivity index (χ2v) is 27.4. The molecule has 388 valence electrons. The van der Waals surface area contributed by atoms with Gasteiger partial charge < -0.3 is 0 Å². The van der Waals surface area contributed by atoms with Gasteiger partial charge in [0.1, 0.15) is 0 Å². The van der Waals surface area contributed by atoms with Gasteiger partial charge in [-0.15, -0.1) is 0 Å². The van der Waals surface area contributed by atoms with Crippen LogP contribution in [-0.4, -0.2) is 32.0 Å². The zero-order valence-corrected chi connectivity index (χ0v) is 47.3. The molecule has 2 rings (SSSR count). The summed E-state index contributed by atoms with van der Waals surface area (Å²) in [5.41, 5.74) is 5.26. The Labute approximate surface area is 420 Å². The van der Waals surface area contributed by atoms with E-state index in [2.05, 4.69) is 91.8 Å². The topological polar surface area (TPSA) is 27.7 Å². The van der Waals surface area contributed by atoms with Crippen LogP contribution in [0.5, 0.6) is 11.5 Å². The first-order valence-corrected chi connectivity index (χ1v) is 32.9. The van der Waals surface area contributed by atoms with Crippen LogP contribution in [0.15, 0.2) is 36.4 Å². The van der Waals surface area contributed by atoms with E-state index in [1.807, 2.05) is 0 Å². The molecule has 0 aliphatic carbocycles. The second kappa shape index (κ2) is 40.1. The van der Waals surface area contributed by atoms with E-state index in [1.54, 1.807) is 0 Å². The first-order valence-electron chi connectivity index (χ1n) is 30.0. The van der Waals surface area contributed by atoms with Crippen LogP contribution >= 0.6 is 6.83 Å². The molecule has 2 aromatic rings. The molecule has 3 nitrogen and oxygen atoms in total. The molecule has 0 radical (unpaired) electrons. The van der Waals surface area contributed by atoms with Gasteiger partial charge in [-0.3, -0.25) is 0 Å². The van der Waals surface area contributed by atoms with Gasteiger partial charge in [-0.2, -0.15) is 0 Å². The number of aryl methyl sites for hydroxylation is 4. The zero-order valence-electron chi connectivity index (χ0n) is 46.4. The Hall–Kier alpha value is -1.51. The number of benzene rings is 2. The van der Waals surface area contributed by atoms with Crippen LogP contribution in [-0.2, 0) is 17.3 Å². The molecule has 5 heteroatoms. The van der Waals surface area contributed by atoms with Crippen molar-refractivity contribution in [2.75, 3.05) is 24.6 Å². The van der Waals surface area contributed by atoms with Crippen molar-refractivity contribution in [3.05, 3.63) is 58.7 Å². The molecule has 0 amide bonds. The van der Waals surface area contributed by atoms with Crippen LogP contribution in [0.3, 0.4) is 0 Å². The maximum atomic E-state index is 8.34. The van der Waals surface area contributed by atoms with Gasteiger partial charge >= 0.3 is 408 Å². The molecule has 0 spiro atoms. The molecule has 0 unspecified atom stereocenters. The van der Waals surface area contributed by atoms with Crippen LogP contribution in [0.1, 0.15) is 295 Å². The number of rotatable bonds is 48. The Morgan fingerprint density at radius 1 is 0.328 bits per heavy atom. The third-order valence-electron chi connectivity index (χ3n) is 15.2. The van der Waals surface area contributed by atoms with Crippen molar-refractivity contribution in [3.8, 4) is 11.5 Å². The van der Waals surface area contributed by atoms with E-state index >= 15 is 0 Å². The Morgan fingerprint density at radius 3 is 0.866 bits per heavy atom. The molecular formula is C62H114BO3P. The van der Waals surface area contributed by atoms with Gasteiger partial charge in [0.15, 0.2) is 0 Å². The fourth-order valence-corrected chi connectivity index (χ4v) is 17.2. The minimum atomic E-state index is -2.91. The van der Waals surface area contributed by atoms with Crippen LogP contribution in [0.2, 0.25) is 0 Å². The summed E-state index contributed by atoms with van der Waals surface area (Å²) in [5.74, 6) is 1.95. The van der Waals surface area contributed by atoms with E-state index in [-0.39, 0.29) is 0 Å². The summed E-state index contributed by atoms with van der Waals surface area (Å²) < 4.78 is 23.3. The summed E-state index contributed by atoms with van der Waals surface area (Å²) in [4.78, 5) is 0. The third-order valence-corrected chi connectivity index (χ3v) is 21.7. The Balaban J connectivity index is 2.80. The summed E-state index contributed by atoms with van der Waals surface area (Å²) in [5, 5.41) is 0. The van der Waals surface area contributed by atoms with Crippen LogP contribution < -0.4 is 9.31 Å². The van der Waals surface area contributed by atoms with E-state index in [0.29, 0.717) is 0 Å². The van der Waals surface area contributed by atoms with E-state index < -0.39 is 14.2 Å². The SMILES string of the molecule is CCCCCCCCc1cc(C)ccc1OB(Oc1ccc(C)cc1CCCCCCCC)OP(CCCCCCCC)(CCCCCCCC)(CCCCCCCC)CCCCCCCC. The molecule has 0 heterocycles. The monoisotopic (exact) mass is 949 g/mol. The predicted octanol–water partition coefficient (Wildman–Crippen LogP) is 21.5. The molecule has 2 aromatic carbocycles. The van der Waals surface area contributed by atoms with Gasteiger partial charge in [-0.1, -0.05) is 13.8 Å². The van der Waals surface area contributed by atoms with Crippen molar-refractivity contribution in [1.82, 2.24) is 0 Å². The second-order valence-electron chi connectivity index (χ2n) is 21.7.